The van der Waals surface area contributed by atoms with Crippen LogP contribution in [0.3, 0.4) is 0 Å². The summed E-state index contributed by atoms with van der Waals surface area (Å²) in [4.78, 5) is 24.8. The van der Waals surface area contributed by atoms with E-state index in [1.54, 1.807) is 9.95 Å². The Balaban J connectivity index is 1.59. The van der Waals surface area contributed by atoms with Crippen LogP contribution < -0.4 is 4.87 Å². The van der Waals surface area contributed by atoms with Crippen LogP contribution in [0.4, 0.5) is 13.2 Å². The molecule has 2 heterocycles. The molecule has 31 heavy (non-hydrogen) atoms. The molecule has 0 aliphatic carbocycles. The van der Waals surface area contributed by atoms with Crippen molar-refractivity contribution in [3.63, 3.8) is 0 Å². The first-order valence-corrected chi connectivity index (χ1v) is 11.9. The molecule has 0 unspecified atom stereocenters. The van der Waals surface area contributed by atoms with E-state index in [2.05, 4.69) is 0 Å². The number of amides is 1. The van der Waals surface area contributed by atoms with Gasteiger partial charge in [0.25, 0.3) is 0 Å². The third kappa shape index (κ3) is 5.18. The first-order chi connectivity index (χ1) is 14.5. The van der Waals surface area contributed by atoms with E-state index < -0.39 is 26.7 Å². The van der Waals surface area contributed by atoms with Gasteiger partial charge in [-0.3, -0.25) is 9.59 Å². The molecule has 1 amide bonds. The smallest absolute Gasteiger partial charge is 0.340 e. The van der Waals surface area contributed by atoms with E-state index in [4.69, 9.17) is 0 Å². The van der Waals surface area contributed by atoms with Crippen molar-refractivity contribution in [3.8, 4) is 0 Å². The number of aromatic nitrogens is 1. The minimum Gasteiger partial charge on any atom is -0.340 e. The van der Waals surface area contributed by atoms with Crippen molar-refractivity contribution in [2.24, 2.45) is 0 Å². The van der Waals surface area contributed by atoms with Crippen LogP contribution >= 0.6 is 11.3 Å². The van der Waals surface area contributed by atoms with Crippen LogP contribution in [0, 0.1) is 6.92 Å². The number of thiazole rings is 1. The zero-order valence-electron chi connectivity index (χ0n) is 16.8. The highest BCUT2D eigenvalue weighted by atomic mass is 32.2. The highest BCUT2D eigenvalue weighted by Crippen LogP contribution is 2.35. The number of halogens is 3. The summed E-state index contributed by atoms with van der Waals surface area (Å²) in [6, 6.07) is 4.09. The summed E-state index contributed by atoms with van der Waals surface area (Å²) in [7, 11) is -4.34. The fourth-order valence-electron chi connectivity index (χ4n) is 3.46. The number of nitrogens with zero attached hydrogens (tertiary/aromatic N) is 3. The molecule has 1 aliphatic rings. The molecule has 0 saturated carbocycles. The fourth-order valence-corrected chi connectivity index (χ4v) is 5.86. The van der Waals surface area contributed by atoms with Gasteiger partial charge in [0.2, 0.25) is 15.9 Å². The maximum Gasteiger partial charge on any atom is 0.417 e. The molecule has 0 atom stereocenters. The standard InChI is InChI=1S/C19H22F3N3O4S2/c1-14-13-30-18(27)25(14)8-4-7-17(26)23-9-11-24(12-10-23)31(28,29)16-6-3-2-5-15(16)19(20,21)22/h2-3,5-6,13H,4,7-12H2,1H3. The molecule has 0 N–H and O–H groups in total. The Morgan fingerprint density at radius 3 is 2.35 bits per heavy atom. The zero-order valence-corrected chi connectivity index (χ0v) is 18.4. The zero-order chi connectivity index (χ0) is 22.8. The van der Waals surface area contributed by atoms with Gasteiger partial charge in [-0.05, 0) is 25.5 Å². The van der Waals surface area contributed by atoms with E-state index >= 15 is 0 Å². The molecule has 0 radical (unpaired) electrons. The van der Waals surface area contributed by atoms with Crippen LogP contribution in [0.2, 0.25) is 0 Å². The maximum absolute atomic E-state index is 13.2. The lowest BCUT2D eigenvalue weighted by molar-refractivity contribution is -0.139. The Kier molecular flexibility index (Phi) is 6.92. The predicted octanol–water partition coefficient (Wildman–Crippen LogP) is 2.55. The average molecular weight is 478 g/mol. The van der Waals surface area contributed by atoms with E-state index in [0.29, 0.717) is 13.0 Å². The third-order valence-electron chi connectivity index (χ3n) is 5.15. The molecule has 2 aromatic rings. The molecule has 3 rings (SSSR count). The number of carbonyl (C=O) groups is 1. The molecule has 0 spiro atoms. The number of rotatable bonds is 6. The molecular weight excluding hydrogens is 455 g/mol. The second-order valence-corrected chi connectivity index (χ2v) is 9.90. The Bertz CT molecular complexity index is 1100. The van der Waals surface area contributed by atoms with E-state index in [1.165, 1.54) is 11.0 Å². The van der Waals surface area contributed by atoms with Crippen LogP contribution in [0.25, 0.3) is 0 Å². The van der Waals surface area contributed by atoms with Gasteiger partial charge in [0, 0.05) is 50.2 Å². The summed E-state index contributed by atoms with van der Waals surface area (Å²) in [6.07, 6.45) is -4.12. The van der Waals surface area contributed by atoms with Crippen molar-refractivity contribution in [1.29, 1.82) is 0 Å². The fraction of sp³-hybridized carbons (Fsp3) is 0.474. The van der Waals surface area contributed by atoms with Gasteiger partial charge in [-0.25, -0.2) is 8.42 Å². The van der Waals surface area contributed by atoms with E-state index in [0.717, 1.165) is 39.5 Å². The number of benzene rings is 1. The molecule has 0 bridgehead atoms. The quantitative estimate of drug-likeness (QED) is 0.641. The predicted molar refractivity (Wildman–Crippen MR) is 109 cm³/mol. The van der Waals surface area contributed by atoms with Gasteiger partial charge in [0.05, 0.1) is 10.5 Å². The molecule has 1 aromatic carbocycles. The van der Waals surface area contributed by atoms with Crippen molar-refractivity contribution in [2.45, 2.75) is 37.4 Å². The second kappa shape index (κ2) is 9.13. The highest BCUT2D eigenvalue weighted by molar-refractivity contribution is 7.89. The Morgan fingerprint density at radius 2 is 1.77 bits per heavy atom. The number of piperazine rings is 1. The SMILES string of the molecule is Cc1csc(=O)n1CCCC(=O)N1CCN(S(=O)(=O)c2ccccc2C(F)(F)F)CC1. The van der Waals surface area contributed by atoms with E-state index in [9.17, 15) is 31.2 Å². The first kappa shape index (κ1) is 23.5. The number of hydrogen-bond acceptors (Lipinski definition) is 5. The summed E-state index contributed by atoms with van der Waals surface area (Å²) >= 11 is 1.10. The van der Waals surface area contributed by atoms with Crippen LogP contribution in [0.5, 0.6) is 0 Å². The van der Waals surface area contributed by atoms with Crippen molar-refractivity contribution in [3.05, 3.63) is 50.6 Å². The minimum atomic E-state index is -4.79. The number of sulfonamides is 1. The summed E-state index contributed by atoms with van der Waals surface area (Å²) in [5.41, 5.74) is -0.368. The topological polar surface area (TPSA) is 79.7 Å². The van der Waals surface area contributed by atoms with Gasteiger partial charge >= 0.3 is 11.0 Å². The number of aryl methyl sites for hydroxylation is 1. The molecule has 1 aromatic heterocycles. The van der Waals surface area contributed by atoms with Crippen LogP contribution in [-0.2, 0) is 27.5 Å². The van der Waals surface area contributed by atoms with Gasteiger partial charge in [0.1, 0.15) is 0 Å². The Labute approximate surface area is 181 Å². The summed E-state index contributed by atoms with van der Waals surface area (Å²) < 4.78 is 67.8. The summed E-state index contributed by atoms with van der Waals surface area (Å²) in [5.74, 6) is -0.173. The van der Waals surface area contributed by atoms with Gasteiger partial charge in [0.15, 0.2) is 0 Å². The van der Waals surface area contributed by atoms with Crippen molar-refractivity contribution in [1.82, 2.24) is 13.8 Å². The molecule has 1 aliphatic heterocycles. The van der Waals surface area contributed by atoms with Gasteiger partial charge in [-0.2, -0.15) is 17.5 Å². The Morgan fingerprint density at radius 1 is 1.13 bits per heavy atom. The number of carbonyl (C=O) groups excluding carboxylic acids is 1. The van der Waals surface area contributed by atoms with E-state index in [1.807, 2.05) is 6.92 Å². The van der Waals surface area contributed by atoms with Crippen molar-refractivity contribution < 1.29 is 26.4 Å². The normalized spacial score (nSPS) is 15.9. The van der Waals surface area contributed by atoms with Crippen molar-refractivity contribution in [2.75, 3.05) is 26.2 Å². The van der Waals surface area contributed by atoms with Crippen LogP contribution in [0.1, 0.15) is 24.1 Å². The number of hydrogen-bond donors (Lipinski definition) is 0. The molecule has 7 nitrogen and oxygen atoms in total. The summed E-state index contributed by atoms with van der Waals surface area (Å²) in [6.45, 7) is 2.28. The minimum absolute atomic E-state index is 0.0800. The van der Waals surface area contributed by atoms with Gasteiger partial charge in [-0.1, -0.05) is 23.5 Å². The lowest BCUT2D eigenvalue weighted by Crippen LogP contribution is -2.50. The molecule has 1 fully saturated rings. The molecule has 12 heteroatoms. The third-order valence-corrected chi connectivity index (χ3v) is 7.99. The van der Waals surface area contributed by atoms with E-state index in [-0.39, 0.29) is 43.4 Å². The largest absolute Gasteiger partial charge is 0.417 e. The van der Waals surface area contributed by atoms with Gasteiger partial charge in [-0.15, -0.1) is 0 Å². The van der Waals surface area contributed by atoms with Crippen molar-refractivity contribution >= 4 is 27.3 Å². The second-order valence-electron chi connectivity index (χ2n) is 7.18. The van der Waals surface area contributed by atoms with Gasteiger partial charge < -0.3 is 9.47 Å². The monoisotopic (exact) mass is 477 g/mol. The molecular formula is C19H22F3N3O4S2. The Hall–Kier alpha value is -2.18. The first-order valence-electron chi connectivity index (χ1n) is 9.61. The molecule has 1 saturated heterocycles. The maximum atomic E-state index is 13.2. The summed E-state index contributed by atoms with van der Waals surface area (Å²) in [5, 5.41) is 1.75. The highest BCUT2D eigenvalue weighted by Gasteiger charge is 2.39. The molecule has 170 valence electrons. The van der Waals surface area contributed by atoms with Crippen LogP contribution in [0.15, 0.2) is 39.3 Å². The van der Waals surface area contributed by atoms with Crippen LogP contribution in [-0.4, -0.2) is 54.3 Å². The lowest BCUT2D eigenvalue weighted by Gasteiger charge is -2.34. The lowest BCUT2D eigenvalue weighted by atomic mass is 10.2. The average Bonchev–Trinajstić information content (AvgIpc) is 3.05. The number of alkyl halides is 3.